The lowest BCUT2D eigenvalue weighted by Gasteiger charge is -2.38. The molecule has 0 spiro atoms. The molecule has 0 aliphatic heterocycles. The van der Waals surface area contributed by atoms with E-state index in [2.05, 4.69) is 149 Å². The minimum Gasteiger partial charge on any atom is -0.0858 e. The number of hydrogen-bond acceptors (Lipinski definition) is 0. The smallest absolute Gasteiger partial charge is 0.0536 e. The van der Waals surface area contributed by atoms with E-state index in [9.17, 15) is 0 Å². The molecule has 2 aromatic rings. The van der Waals surface area contributed by atoms with Crippen molar-refractivity contribution in [2.24, 2.45) is 0 Å². The fraction of sp³-hybridized carbons (Fsp3) is 0.667. The summed E-state index contributed by atoms with van der Waals surface area (Å²) in [6.45, 7) is 42.1. The highest BCUT2D eigenvalue weighted by atomic mass is 35.7. The molecule has 0 aliphatic carbocycles. The van der Waals surface area contributed by atoms with Crippen LogP contribution in [0.15, 0.2) is 24.3 Å². The van der Waals surface area contributed by atoms with Crippen molar-refractivity contribution < 1.29 is 0 Å². The molecule has 0 amide bonds. The molecule has 0 unspecified atom stereocenters. The number of rotatable bonds is 2. The summed E-state index contributed by atoms with van der Waals surface area (Å²) in [6.07, 6.45) is 0. The normalized spacial score (nSPS) is 14.4. The van der Waals surface area contributed by atoms with Gasteiger partial charge in [-0.15, -0.1) is 0 Å². The van der Waals surface area contributed by atoms with Crippen LogP contribution < -0.4 is 10.6 Å². The summed E-state index contributed by atoms with van der Waals surface area (Å²) in [5.41, 5.74) is 8.41. The Morgan fingerprint density at radius 1 is 0.368 bits per heavy atom. The maximum atomic E-state index is 7.97. The topological polar surface area (TPSA) is 0 Å². The fourth-order valence-electron chi connectivity index (χ4n) is 4.96. The maximum absolute atomic E-state index is 7.97. The van der Waals surface area contributed by atoms with Gasteiger partial charge in [0.2, 0.25) is 0 Å². The zero-order valence-corrected chi connectivity index (χ0v) is 29.8. The zero-order valence-electron chi connectivity index (χ0n) is 28.1. The lowest BCUT2D eigenvalue weighted by Crippen LogP contribution is -2.37. The predicted molar refractivity (Wildman–Crippen MR) is 177 cm³/mol. The van der Waals surface area contributed by atoms with Crippen molar-refractivity contribution in [3.63, 3.8) is 0 Å². The van der Waals surface area contributed by atoms with Crippen LogP contribution >= 0.6 is 18.5 Å². The van der Waals surface area contributed by atoms with Crippen LogP contribution in [0.3, 0.4) is 0 Å². The van der Waals surface area contributed by atoms with E-state index in [1.54, 1.807) is 0 Å². The van der Waals surface area contributed by atoms with Crippen LogP contribution in [0.5, 0.6) is 0 Å². The fourth-order valence-corrected chi connectivity index (χ4v) is 8.72. The first-order valence-electron chi connectivity index (χ1n) is 14.4. The molecule has 0 bridgehead atoms. The summed E-state index contributed by atoms with van der Waals surface area (Å²) in [7, 11) is -1.14. The molecule has 38 heavy (non-hydrogen) atoms. The van der Waals surface area contributed by atoms with E-state index in [0.717, 1.165) is 0 Å². The van der Waals surface area contributed by atoms with E-state index in [-0.39, 0.29) is 32.5 Å². The molecule has 0 aliphatic rings. The summed E-state index contributed by atoms with van der Waals surface area (Å²) in [5, 5.41) is 2.74. The van der Waals surface area contributed by atoms with Crippen LogP contribution in [0.1, 0.15) is 158 Å². The van der Waals surface area contributed by atoms with E-state index < -0.39 is 7.27 Å². The van der Waals surface area contributed by atoms with Crippen LogP contribution in [0.4, 0.5) is 0 Å². The van der Waals surface area contributed by atoms with Gasteiger partial charge in [-0.25, -0.2) is 0 Å². The van der Waals surface area contributed by atoms with Crippen molar-refractivity contribution in [2.45, 2.75) is 157 Å². The maximum Gasteiger partial charge on any atom is 0.0536 e. The summed E-state index contributed by atoms with van der Waals surface area (Å²) in [4.78, 5) is 0. The van der Waals surface area contributed by atoms with E-state index in [1.165, 1.54) is 44.0 Å². The second kappa shape index (κ2) is 10.2. The Morgan fingerprint density at radius 2 is 0.553 bits per heavy atom. The van der Waals surface area contributed by atoms with Crippen LogP contribution in [-0.2, 0) is 32.5 Å². The molecule has 0 nitrogen and oxygen atoms in total. The van der Waals surface area contributed by atoms with Gasteiger partial charge in [0.25, 0.3) is 0 Å². The van der Waals surface area contributed by atoms with E-state index in [4.69, 9.17) is 11.2 Å². The van der Waals surface area contributed by atoms with Gasteiger partial charge in [-0.3, -0.25) is 0 Å². The molecular formula is C36H58ClP. The molecular weight excluding hydrogens is 499 g/mol. The lowest BCUT2D eigenvalue weighted by molar-refractivity contribution is 0.553. The Labute approximate surface area is 243 Å². The largest absolute Gasteiger partial charge is 0.0858 e. The van der Waals surface area contributed by atoms with E-state index >= 15 is 0 Å². The summed E-state index contributed by atoms with van der Waals surface area (Å²) in [5.74, 6) is 0. The van der Waals surface area contributed by atoms with Gasteiger partial charge in [0.05, 0.1) is 7.27 Å². The molecule has 0 saturated heterocycles. The zero-order chi connectivity index (χ0) is 30.0. The van der Waals surface area contributed by atoms with Crippen LogP contribution in [0, 0.1) is 0 Å². The molecule has 2 rings (SSSR count). The molecule has 0 heterocycles. The predicted octanol–water partition coefficient (Wildman–Crippen LogP) is 11.1. The van der Waals surface area contributed by atoms with Crippen molar-refractivity contribution in [3.05, 3.63) is 57.6 Å². The van der Waals surface area contributed by atoms with Crippen molar-refractivity contribution in [2.75, 3.05) is 0 Å². The Hall–Kier alpha value is -0.840. The minimum absolute atomic E-state index is 0.0266. The molecule has 0 fully saturated rings. The third-order valence-corrected chi connectivity index (χ3v) is 10.3. The second-order valence-electron chi connectivity index (χ2n) is 17.6. The first-order valence-corrected chi connectivity index (χ1v) is 16.7. The quantitative estimate of drug-likeness (QED) is 0.322. The lowest BCUT2D eigenvalue weighted by atomic mass is 9.75. The average Bonchev–Trinajstić information content (AvgIpc) is 2.67. The van der Waals surface area contributed by atoms with Crippen molar-refractivity contribution in [1.82, 2.24) is 0 Å². The first-order chi connectivity index (χ1) is 16.6. The van der Waals surface area contributed by atoms with Gasteiger partial charge >= 0.3 is 0 Å². The number of halogens is 1. The Bertz CT molecular complexity index is 993. The highest BCUT2D eigenvalue weighted by Gasteiger charge is 2.37. The van der Waals surface area contributed by atoms with Crippen LogP contribution in [-0.4, -0.2) is 0 Å². The van der Waals surface area contributed by atoms with Gasteiger partial charge in [-0.05, 0) is 65.9 Å². The van der Waals surface area contributed by atoms with Gasteiger partial charge in [-0.2, -0.15) is 0 Å². The van der Waals surface area contributed by atoms with Crippen LogP contribution in [0.2, 0.25) is 0 Å². The van der Waals surface area contributed by atoms with Crippen molar-refractivity contribution in [3.8, 4) is 0 Å². The molecule has 0 N–H and O–H groups in total. The van der Waals surface area contributed by atoms with Crippen LogP contribution in [0.25, 0.3) is 0 Å². The summed E-state index contributed by atoms with van der Waals surface area (Å²) in [6, 6.07) is 9.89. The van der Waals surface area contributed by atoms with E-state index in [1.807, 2.05) is 0 Å². The monoisotopic (exact) mass is 556 g/mol. The molecule has 0 radical (unpaired) electrons. The second-order valence-corrected chi connectivity index (χ2v) is 20.1. The highest BCUT2D eigenvalue weighted by molar-refractivity contribution is 7.96. The Kier molecular flexibility index (Phi) is 8.97. The third-order valence-electron chi connectivity index (χ3n) is 7.58. The minimum atomic E-state index is -1.14. The average molecular weight is 557 g/mol. The molecule has 0 aromatic heterocycles. The highest BCUT2D eigenvalue weighted by Crippen LogP contribution is 2.51. The molecule has 0 saturated carbocycles. The third kappa shape index (κ3) is 7.26. The molecule has 0 atom stereocenters. The number of benzene rings is 2. The standard InChI is InChI=1S/C36H58ClP/c1-31(2,3)23-19-25(33(7,8)9)29(26(20-23)34(10,11)12)38(37)30-27(35(13,14)15)21-24(32(4,5)6)22-28(30)36(16,17)18/h19-22H,1-18H3. The van der Waals surface area contributed by atoms with Gasteiger partial charge < -0.3 is 0 Å². The SMILES string of the molecule is CC(C)(C)c1cc(C(C)(C)C)c(P(Cl)c2c(C(C)(C)C)cc(C(C)(C)C)cc2C(C)(C)C)c(C(C)(C)C)c1. The molecule has 2 aromatic carbocycles. The van der Waals surface area contributed by atoms with Gasteiger partial charge in [0.1, 0.15) is 0 Å². The van der Waals surface area contributed by atoms with Gasteiger partial charge in [0, 0.05) is 10.6 Å². The Morgan fingerprint density at radius 3 is 0.684 bits per heavy atom. The van der Waals surface area contributed by atoms with Gasteiger partial charge in [0.15, 0.2) is 0 Å². The van der Waals surface area contributed by atoms with E-state index in [0.29, 0.717) is 0 Å². The first kappa shape index (κ1) is 33.4. The number of hydrogen-bond donors (Lipinski definition) is 0. The summed E-state index contributed by atoms with van der Waals surface area (Å²) < 4.78 is 0. The van der Waals surface area contributed by atoms with Crippen molar-refractivity contribution >= 4 is 29.1 Å². The van der Waals surface area contributed by atoms with Gasteiger partial charge in [-0.1, -0.05) is 160 Å². The molecule has 2 heteroatoms. The Balaban J connectivity index is 3.22. The molecule has 214 valence electrons. The summed E-state index contributed by atoms with van der Waals surface area (Å²) >= 11 is 7.97. The van der Waals surface area contributed by atoms with Crippen molar-refractivity contribution in [1.29, 1.82) is 0 Å².